The maximum absolute atomic E-state index is 10.3. The van der Waals surface area contributed by atoms with Crippen LogP contribution in [0.4, 0.5) is 0 Å². The lowest BCUT2D eigenvalue weighted by Gasteiger charge is -2.29. The molecule has 4 nitrogen and oxygen atoms in total. The van der Waals surface area contributed by atoms with Crippen molar-refractivity contribution in [3.8, 4) is 5.75 Å². The Morgan fingerprint density at radius 3 is 2.65 bits per heavy atom. The molecule has 1 aliphatic rings. The number of halogens is 1. The molecule has 0 aromatic heterocycles. The molecule has 1 aliphatic heterocycles. The molecule has 1 fully saturated rings. The van der Waals surface area contributed by atoms with Gasteiger partial charge in [-0.15, -0.1) is 0 Å². The number of ether oxygens (including phenoxy) is 1. The average molecular weight is 299 g/mol. The Hall–Kier alpha value is -0.810. The Morgan fingerprint density at radius 2 is 2.05 bits per heavy atom. The Kier molecular flexibility index (Phi) is 5.66. The van der Waals surface area contributed by atoms with E-state index in [0.717, 1.165) is 37.5 Å². The van der Waals surface area contributed by atoms with Crippen molar-refractivity contribution in [3.05, 3.63) is 28.8 Å². The highest BCUT2D eigenvalue weighted by Crippen LogP contribution is 2.28. The minimum atomic E-state index is -0.561. The molecule has 1 unspecified atom stereocenters. The Balaban J connectivity index is 2.00. The van der Waals surface area contributed by atoms with Crippen LogP contribution >= 0.6 is 11.6 Å². The van der Waals surface area contributed by atoms with E-state index in [4.69, 9.17) is 16.3 Å². The molecular weight excluding hydrogens is 276 g/mol. The third kappa shape index (κ3) is 4.35. The maximum atomic E-state index is 10.3. The van der Waals surface area contributed by atoms with E-state index in [-0.39, 0.29) is 6.10 Å². The van der Waals surface area contributed by atoms with Crippen molar-refractivity contribution in [2.24, 2.45) is 0 Å². The summed E-state index contributed by atoms with van der Waals surface area (Å²) in [5.41, 5.74) is 0.765. The lowest BCUT2D eigenvalue weighted by Crippen LogP contribution is -2.44. The molecule has 20 heavy (non-hydrogen) atoms. The van der Waals surface area contributed by atoms with Crippen LogP contribution in [0.5, 0.6) is 5.75 Å². The van der Waals surface area contributed by atoms with Gasteiger partial charge in [0.15, 0.2) is 0 Å². The maximum Gasteiger partial charge on any atom is 0.121 e. The zero-order valence-electron chi connectivity index (χ0n) is 12.1. The highest BCUT2D eigenvalue weighted by atomic mass is 35.5. The Morgan fingerprint density at radius 1 is 1.35 bits per heavy atom. The van der Waals surface area contributed by atoms with Crippen LogP contribution in [0.25, 0.3) is 0 Å². The van der Waals surface area contributed by atoms with Gasteiger partial charge in [-0.05, 0) is 26.0 Å². The number of hydrogen-bond donors (Lipinski definition) is 2. The number of hydrogen-bond acceptors (Lipinski definition) is 4. The lowest BCUT2D eigenvalue weighted by molar-refractivity contribution is 0.105. The summed E-state index contributed by atoms with van der Waals surface area (Å²) in [5.74, 6) is 0.739. The SMILES string of the molecule is CC(C)Oc1ccc(C(O)CN2CCNCC2)c(Cl)c1. The normalized spacial score (nSPS) is 18.2. The number of benzene rings is 1. The van der Waals surface area contributed by atoms with Crippen molar-refractivity contribution >= 4 is 11.6 Å². The van der Waals surface area contributed by atoms with Crippen LogP contribution in [0.2, 0.25) is 5.02 Å². The highest BCUT2D eigenvalue weighted by Gasteiger charge is 2.18. The largest absolute Gasteiger partial charge is 0.491 e. The van der Waals surface area contributed by atoms with Crippen molar-refractivity contribution in [1.82, 2.24) is 10.2 Å². The predicted octanol–water partition coefficient (Wildman–Crippen LogP) is 2.07. The van der Waals surface area contributed by atoms with Gasteiger partial charge in [-0.2, -0.15) is 0 Å². The summed E-state index contributed by atoms with van der Waals surface area (Å²) >= 11 is 6.25. The van der Waals surface area contributed by atoms with Crippen molar-refractivity contribution in [2.45, 2.75) is 26.1 Å². The average Bonchev–Trinajstić information content (AvgIpc) is 2.39. The molecule has 1 saturated heterocycles. The molecule has 1 aromatic carbocycles. The van der Waals surface area contributed by atoms with Crippen LogP contribution in [0.15, 0.2) is 18.2 Å². The second-order valence-corrected chi connectivity index (χ2v) is 5.82. The molecule has 0 aliphatic carbocycles. The molecule has 0 spiro atoms. The third-order valence-corrected chi connectivity index (χ3v) is 3.67. The minimum Gasteiger partial charge on any atom is -0.491 e. The van der Waals surface area contributed by atoms with Crippen molar-refractivity contribution in [2.75, 3.05) is 32.7 Å². The van der Waals surface area contributed by atoms with Gasteiger partial charge in [-0.1, -0.05) is 17.7 Å². The first-order valence-corrected chi connectivity index (χ1v) is 7.51. The molecule has 1 atom stereocenters. The summed E-state index contributed by atoms with van der Waals surface area (Å²) in [6, 6.07) is 5.49. The minimum absolute atomic E-state index is 0.114. The molecule has 2 rings (SSSR count). The molecule has 0 amide bonds. The molecule has 5 heteroatoms. The molecule has 2 N–H and O–H groups in total. The third-order valence-electron chi connectivity index (χ3n) is 3.34. The number of β-amino-alcohol motifs (C(OH)–C–C–N with tert-alkyl or cyclic N) is 1. The first-order chi connectivity index (χ1) is 9.56. The van der Waals surface area contributed by atoms with Gasteiger partial charge in [0.1, 0.15) is 5.75 Å². The van der Waals surface area contributed by atoms with Crippen LogP contribution in [0.1, 0.15) is 25.5 Å². The zero-order valence-corrected chi connectivity index (χ0v) is 12.9. The summed E-state index contributed by atoms with van der Waals surface area (Å²) in [7, 11) is 0. The number of aliphatic hydroxyl groups excluding tert-OH is 1. The molecule has 0 radical (unpaired) electrons. The van der Waals surface area contributed by atoms with Crippen LogP contribution in [0.3, 0.4) is 0 Å². The molecule has 1 aromatic rings. The van der Waals surface area contributed by atoms with E-state index in [1.54, 1.807) is 6.07 Å². The quantitative estimate of drug-likeness (QED) is 0.873. The number of rotatable bonds is 5. The number of piperazine rings is 1. The predicted molar refractivity (Wildman–Crippen MR) is 81.5 cm³/mol. The fraction of sp³-hybridized carbons (Fsp3) is 0.600. The van der Waals surface area contributed by atoms with Crippen LogP contribution in [-0.4, -0.2) is 48.8 Å². The van der Waals surface area contributed by atoms with Gasteiger partial charge in [0.2, 0.25) is 0 Å². The monoisotopic (exact) mass is 298 g/mol. The topological polar surface area (TPSA) is 44.7 Å². The van der Waals surface area contributed by atoms with Gasteiger partial charge in [-0.3, -0.25) is 4.90 Å². The summed E-state index contributed by atoms with van der Waals surface area (Å²) in [6.07, 6.45) is -0.448. The molecule has 0 bridgehead atoms. The standard InChI is InChI=1S/C15H23ClN2O2/c1-11(2)20-12-3-4-13(14(16)9-12)15(19)10-18-7-5-17-6-8-18/h3-4,9,11,15,17,19H,5-8,10H2,1-2H3. The summed E-state index contributed by atoms with van der Waals surface area (Å²) < 4.78 is 5.59. The van der Waals surface area contributed by atoms with Crippen LogP contribution in [-0.2, 0) is 0 Å². The van der Waals surface area contributed by atoms with Gasteiger partial charge in [0.05, 0.1) is 17.2 Å². The highest BCUT2D eigenvalue weighted by molar-refractivity contribution is 6.31. The van der Waals surface area contributed by atoms with Crippen molar-refractivity contribution < 1.29 is 9.84 Å². The van der Waals surface area contributed by atoms with Gasteiger partial charge >= 0.3 is 0 Å². The van der Waals surface area contributed by atoms with Gasteiger partial charge in [0, 0.05) is 38.3 Å². The van der Waals surface area contributed by atoms with Crippen LogP contribution < -0.4 is 10.1 Å². The van der Waals surface area contributed by atoms with E-state index < -0.39 is 6.10 Å². The van der Waals surface area contributed by atoms with E-state index in [2.05, 4.69) is 10.2 Å². The second kappa shape index (κ2) is 7.27. The fourth-order valence-corrected chi connectivity index (χ4v) is 2.66. The molecule has 0 saturated carbocycles. The first-order valence-electron chi connectivity index (χ1n) is 7.13. The summed E-state index contributed by atoms with van der Waals surface area (Å²) in [6.45, 7) is 8.43. The second-order valence-electron chi connectivity index (χ2n) is 5.42. The van der Waals surface area contributed by atoms with E-state index in [0.29, 0.717) is 11.6 Å². The smallest absolute Gasteiger partial charge is 0.121 e. The van der Waals surface area contributed by atoms with Gasteiger partial charge in [-0.25, -0.2) is 0 Å². The van der Waals surface area contributed by atoms with E-state index in [1.807, 2.05) is 26.0 Å². The van der Waals surface area contributed by atoms with Gasteiger partial charge in [0.25, 0.3) is 0 Å². The molecule has 112 valence electrons. The first kappa shape index (κ1) is 15.6. The van der Waals surface area contributed by atoms with Crippen molar-refractivity contribution in [1.29, 1.82) is 0 Å². The van der Waals surface area contributed by atoms with E-state index in [9.17, 15) is 5.11 Å². The number of nitrogens with zero attached hydrogens (tertiary/aromatic N) is 1. The summed E-state index contributed by atoms with van der Waals surface area (Å²) in [4.78, 5) is 2.25. The van der Waals surface area contributed by atoms with E-state index in [1.165, 1.54) is 0 Å². The molecular formula is C15H23ClN2O2. The Labute approximate surface area is 125 Å². The molecule has 1 heterocycles. The Bertz CT molecular complexity index is 434. The van der Waals surface area contributed by atoms with Crippen molar-refractivity contribution in [3.63, 3.8) is 0 Å². The lowest BCUT2D eigenvalue weighted by atomic mass is 10.1. The number of aliphatic hydroxyl groups is 1. The van der Waals surface area contributed by atoms with Crippen LogP contribution in [0, 0.1) is 0 Å². The van der Waals surface area contributed by atoms with E-state index >= 15 is 0 Å². The zero-order chi connectivity index (χ0) is 14.5. The fourth-order valence-electron chi connectivity index (χ4n) is 2.36. The van der Waals surface area contributed by atoms with Gasteiger partial charge < -0.3 is 15.2 Å². The summed E-state index contributed by atoms with van der Waals surface area (Å²) in [5, 5.41) is 14.2. The number of nitrogens with one attached hydrogen (secondary N) is 1.